The SMILES string of the molecule is CNC(Cc1ccc2ccccc2c1)C(=O)N(C)[C@H](Cc1ccccc1)C(=O)N1CCC[C@@H](CN(C)C)C1. The van der Waals surface area contributed by atoms with Crippen molar-refractivity contribution in [1.29, 1.82) is 0 Å². The second-order valence-corrected chi connectivity index (χ2v) is 10.9. The lowest BCUT2D eigenvalue weighted by atomic mass is 9.95. The second-order valence-electron chi connectivity index (χ2n) is 10.9. The number of hydrogen-bond donors (Lipinski definition) is 1. The monoisotopic (exact) mass is 514 g/mol. The summed E-state index contributed by atoms with van der Waals surface area (Å²) in [6, 6.07) is 23.7. The van der Waals surface area contributed by atoms with Gasteiger partial charge in [0.1, 0.15) is 6.04 Å². The first-order valence-corrected chi connectivity index (χ1v) is 13.7. The van der Waals surface area contributed by atoms with Crippen molar-refractivity contribution >= 4 is 22.6 Å². The molecule has 0 aliphatic carbocycles. The molecule has 1 aliphatic heterocycles. The Bertz CT molecular complexity index is 1210. The van der Waals surface area contributed by atoms with E-state index >= 15 is 0 Å². The van der Waals surface area contributed by atoms with E-state index in [0.29, 0.717) is 18.8 Å². The normalized spacial score (nSPS) is 17.4. The minimum Gasteiger partial charge on any atom is -0.341 e. The minimum absolute atomic E-state index is 0.0497. The highest BCUT2D eigenvalue weighted by Gasteiger charge is 2.35. The molecule has 6 heteroatoms. The number of likely N-dealkylation sites (tertiary alicyclic amines) is 1. The number of nitrogens with one attached hydrogen (secondary N) is 1. The number of likely N-dealkylation sites (N-methyl/N-ethyl adjacent to an activating group) is 2. The van der Waals surface area contributed by atoms with Gasteiger partial charge in [0.15, 0.2) is 0 Å². The average molecular weight is 515 g/mol. The number of fused-ring (bicyclic) bond motifs is 1. The zero-order chi connectivity index (χ0) is 27.1. The zero-order valence-electron chi connectivity index (χ0n) is 23.3. The first-order valence-electron chi connectivity index (χ1n) is 13.7. The van der Waals surface area contributed by atoms with E-state index in [0.717, 1.165) is 49.0 Å². The quantitative estimate of drug-likeness (QED) is 0.447. The predicted octanol–water partition coefficient (Wildman–Crippen LogP) is 3.84. The Morgan fingerprint density at radius 1 is 0.921 bits per heavy atom. The summed E-state index contributed by atoms with van der Waals surface area (Å²) in [5.41, 5.74) is 2.15. The van der Waals surface area contributed by atoms with Gasteiger partial charge in [0, 0.05) is 33.1 Å². The largest absolute Gasteiger partial charge is 0.341 e. The Hall–Kier alpha value is -3.22. The maximum Gasteiger partial charge on any atom is 0.245 e. The minimum atomic E-state index is -0.546. The van der Waals surface area contributed by atoms with Crippen LogP contribution in [-0.4, -0.2) is 86.4 Å². The van der Waals surface area contributed by atoms with Crippen molar-refractivity contribution in [2.75, 3.05) is 47.8 Å². The fraction of sp³-hybridized carbons (Fsp3) is 0.438. The van der Waals surface area contributed by atoms with E-state index < -0.39 is 12.1 Å². The van der Waals surface area contributed by atoms with Crippen molar-refractivity contribution in [2.45, 2.75) is 37.8 Å². The van der Waals surface area contributed by atoms with Gasteiger partial charge in [-0.2, -0.15) is 0 Å². The maximum atomic E-state index is 14.0. The van der Waals surface area contributed by atoms with Crippen LogP contribution in [0.15, 0.2) is 72.8 Å². The number of carbonyl (C=O) groups is 2. The topological polar surface area (TPSA) is 55.9 Å². The van der Waals surface area contributed by atoms with Crippen LogP contribution in [0.2, 0.25) is 0 Å². The summed E-state index contributed by atoms with van der Waals surface area (Å²) in [5, 5.41) is 5.57. The number of piperidine rings is 1. The molecule has 0 bridgehead atoms. The number of amides is 2. The van der Waals surface area contributed by atoms with Gasteiger partial charge >= 0.3 is 0 Å². The van der Waals surface area contributed by atoms with Gasteiger partial charge in [0.25, 0.3) is 0 Å². The lowest BCUT2D eigenvalue weighted by Gasteiger charge is -2.39. The van der Waals surface area contributed by atoms with Crippen molar-refractivity contribution in [2.24, 2.45) is 5.92 Å². The van der Waals surface area contributed by atoms with Gasteiger partial charge in [-0.15, -0.1) is 0 Å². The van der Waals surface area contributed by atoms with Gasteiger partial charge in [-0.05, 0) is 68.2 Å². The van der Waals surface area contributed by atoms with Crippen molar-refractivity contribution in [1.82, 2.24) is 20.0 Å². The standard InChI is InChI=1S/C32H42N4O2/c1-33-29(20-25-16-17-27-14-8-9-15-28(27)19-25)31(37)35(4)30(21-24-11-6-5-7-12-24)32(38)36-18-10-13-26(23-36)22-34(2)3/h5-9,11-12,14-17,19,26,29-30,33H,10,13,18,20-23H2,1-4H3/t26-,29?,30+/m0/s1. The highest BCUT2D eigenvalue weighted by Crippen LogP contribution is 2.22. The van der Waals surface area contributed by atoms with Crippen LogP contribution in [0.5, 0.6) is 0 Å². The summed E-state index contributed by atoms with van der Waals surface area (Å²) in [5.74, 6) is 0.449. The third kappa shape index (κ3) is 7.00. The molecule has 1 fully saturated rings. The van der Waals surface area contributed by atoms with E-state index in [1.54, 1.807) is 11.9 Å². The highest BCUT2D eigenvalue weighted by atomic mass is 16.2. The van der Waals surface area contributed by atoms with E-state index in [1.165, 1.54) is 5.39 Å². The first-order chi connectivity index (χ1) is 18.4. The number of carbonyl (C=O) groups excluding carboxylic acids is 2. The molecule has 0 aromatic heterocycles. The number of rotatable bonds is 10. The molecule has 3 atom stereocenters. The van der Waals surface area contributed by atoms with Crippen LogP contribution in [0.1, 0.15) is 24.0 Å². The molecule has 1 N–H and O–H groups in total. The van der Waals surface area contributed by atoms with Crippen LogP contribution in [0, 0.1) is 5.92 Å². The zero-order valence-corrected chi connectivity index (χ0v) is 23.3. The van der Waals surface area contributed by atoms with Crippen molar-refractivity contribution in [3.8, 4) is 0 Å². The van der Waals surface area contributed by atoms with E-state index in [4.69, 9.17) is 0 Å². The Kier molecular flexibility index (Phi) is 9.53. The van der Waals surface area contributed by atoms with Gasteiger partial charge in [-0.3, -0.25) is 9.59 Å². The van der Waals surface area contributed by atoms with Crippen LogP contribution >= 0.6 is 0 Å². The molecule has 0 spiro atoms. The second kappa shape index (κ2) is 13.0. The predicted molar refractivity (Wildman–Crippen MR) is 155 cm³/mol. The fourth-order valence-electron chi connectivity index (χ4n) is 5.68. The summed E-state index contributed by atoms with van der Waals surface area (Å²) < 4.78 is 0. The van der Waals surface area contributed by atoms with Crippen molar-refractivity contribution in [3.63, 3.8) is 0 Å². The fourth-order valence-corrected chi connectivity index (χ4v) is 5.68. The number of nitrogens with zero attached hydrogens (tertiary/aromatic N) is 3. The summed E-state index contributed by atoms with van der Waals surface area (Å²) in [4.78, 5) is 33.7. The molecular weight excluding hydrogens is 472 g/mol. The van der Waals surface area contributed by atoms with E-state index in [2.05, 4.69) is 54.6 Å². The Morgan fingerprint density at radius 3 is 2.34 bits per heavy atom. The van der Waals surface area contributed by atoms with Gasteiger partial charge in [0.05, 0.1) is 6.04 Å². The van der Waals surface area contributed by atoms with Gasteiger partial charge in [0.2, 0.25) is 11.8 Å². The smallest absolute Gasteiger partial charge is 0.245 e. The Morgan fingerprint density at radius 2 is 1.63 bits per heavy atom. The Balaban J connectivity index is 1.53. The number of benzene rings is 3. The lowest BCUT2D eigenvalue weighted by Crippen LogP contribution is -2.56. The molecule has 2 amide bonds. The van der Waals surface area contributed by atoms with E-state index in [9.17, 15) is 9.59 Å². The number of hydrogen-bond acceptors (Lipinski definition) is 4. The van der Waals surface area contributed by atoms with E-state index in [1.807, 2.05) is 54.4 Å². The summed E-state index contributed by atoms with van der Waals surface area (Å²) in [7, 11) is 7.78. The maximum absolute atomic E-state index is 14.0. The van der Waals surface area contributed by atoms with Gasteiger partial charge < -0.3 is 20.0 Å². The lowest BCUT2D eigenvalue weighted by molar-refractivity contribution is -0.146. The van der Waals surface area contributed by atoms with Crippen LogP contribution in [0.4, 0.5) is 0 Å². The molecule has 0 radical (unpaired) electrons. The molecule has 1 aliphatic rings. The highest BCUT2D eigenvalue weighted by molar-refractivity contribution is 5.90. The van der Waals surface area contributed by atoms with Crippen LogP contribution in [-0.2, 0) is 22.4 Å². The summed E-state index contributed by atoms with van der Waals surface area (Å²) >= 11 is 0. The van der Waals surface area contributed by atoms with E-state index in [-0.39, 0.29) is 11.8 Å². The molecule has 0 saturated carbocycles. The molecule has 3 aromatic rings. The Labute approximate surface area is 227 Å². The van der Waals surface area contributed by atoms with Gasteiger partial charge in [-0.1, -0.05) is 72.8 Å². The third-order valence-corrected chi connectivity index (χ3v) is 7.73. The molecule has 38 heavy (non-hydrogen) atoms. The average Bonchev–Trinajstić information content (AvgIpc) is 2.93. The van der Waals surface area contributed by atoms with Crippen LogP contribution < -0.4 is 5.32 Å². The molecule has 1 heterocycles. The molecule has 4 rings (SSSR count). The first kappa shape index (κ1) is 27.8. The van der Waals surface area contributed by atoms with Crippen LogP contribution in [0.3, 0.4) is 0 Å². The van der Waals surface area contributed by atoms with Crippen molar-refractivity contribution in [3.05, 3.63) is 83.9 Å². The summed E-state index contributed by atoms with van der Waals surface area (Å²) in [6.45, 7) is 2.47. The van der Waals surface area contributed by atoms with Crippen molar-refractivity contribution < 1.29 is 9.59 Å². The third-order valence-electron chi connectivity index (χ3n) is 7.73. The molecule has 3 aromatic carbocycles. The van der Waals surface area contributed by atoms with Crippen LogP contribution in [0.25, 0.3) is 10.8 Å². The summed E-state index contributed by atoms with van der Waals surface area (Å²) in [6.07, 6.45) is 3.20. The molecule has 6 nitrogen and oxygen atoms in total. The molecule has 1 unspecified atom stereocenters. The molecule has 1 saturated heterocycles. The molecule has 202 valence electrons. The molecular formula is C32H42N4O2. The van der Waals surface area contributed by atoms with Gasteiger partial charge in [-0.25, -0.2) is 0 Å².